The van der Waals surface area contributed by atoms with Crippen molar-refractivity contribution in [3.8, 4) is 11.5 Å². The Hall–Kier alpha value is -3.33. The van der Waals surface area contributed by atoms with Crippen LogP contribution < -0.4 is 9.47 Å². The maximum atomic E-state index is 12.9. The first-order valence-electron chi connectivity index (χ1n) is 10.2. The number of benzene rings is 1. The number of nitrogens with zero attached hydrogens (tertiary/aromatic N) is 3. The lowest BCUT2D eigenvalue weighted by molar-refractivity contribution is 0.0821. The monoisotopic (exact) mass is 452 g/mol. The molecule has 0 fully saturated rings. The molecule has 0 bridgehead atoms. The van der Waals surface area contributed by atoms with Gasteiger partial charge in [0.2, 0.25) is 0 Å². The van der Waals surface area contributed by atoms with Gasteiger partial charge in [-0.1, -0.05) is 30.0 Å². The van der Waals surface area contributed by atoms with E-state index in [9.17, 15) is 9.59 Å². The minimum Gasteiger partial charge on any atom is -0.485 e. The normalized spacial score (nSPS) is 14.9. The Kier molecular flexibility index (Phi) is 6.18. The van der Waals surface area contributed by atoms with E-state index in [2.05, 4.69) is 21.8 Å². The van der Waals surface area contributed by atoms with E-state index in [1.54, 1.807) is 19.9 Å². The first kappa shape index (κ1) is 21.9. The zero-order valence-electron chi connectivity index (χ0n) is 18.2. The number of carbonyl (C=O) groups is 2. The van der Waals surface area contributed by atoms with Crippen molar-refractivity contribution in [1.29, 1.82) is 0 Å². The summed E-state index contributed by atoms with van der Waals surface area (Å²) in [5, 5.41) is 9.18. The number of rotatable bonds is 8. The molecule has 2 aromatic heterocycles. The number of ether oxygens (including phenoxy) is 2. The minimum atomic E-state index is -0.422. The van der Waals surface area contributed by atoms with Crippen molar-refractivity contribution in [2.45, 2.75) is 38.6 Å². The van der Waals surface area contributed by atoms with Gasteiger partial charge in [-0.3, -0.25) is 14.2 Å². The third-order valence-corrected chi connectivity index (χ3v) is 6.22. The molecule has 0 saturated carbocycles. The largest absolute Gasteiger partial charge is 0.485 e. The van der Waals surface area contributed by atoms with Gasteiger partial charge in [0.05, 0.1) is 11.4 Å². The van der Waals surface area contributed by atoms with Crippen LogP contribution in [0.4, 0.5) is 0 Å². The highest BCUT2D eigenvalue weighted by Gasteiger charge is 2.29. The number of H-pyrrole nitrogens is 1. The molecular formula is C23H24N4O4S. The molecular weight excluding hydrogens is 428 g/mol. The standard InChI is InChI=1S/C23H24N4O4S/c1-5-10-27-22(19-11-30-17-8-6-7-9-18(17)31-19)25-26-23(27)32-12-16(29)21-13(2)20(15(4)28)14(3)24-21/h5-9,19,24H,1,10-12H2,2-4H3. The number of fused-ring (bicyclic) bond motifs is 1. The van der Waals surface area contributed by atoms with Gasteiger partial charge in [-0.05, 0) is 38.5 Å². The summed E-state index contributed by atoms with van der Waals surface area (Å²) in [4.78, 5) is 27.8. The number of thioether (sulfide) groups is 1. The molecule has 8 nitrogen and oxygen atoms in total. The number of nitrogens with one attached hydrogen (secondary N) is 1. The Balaban J connectivity index is 1.52. The summed E-state index contributed by atoms with van der Waals surface area (Å²) >= 11 is 1.28. The number of Topliss-reactive ketones (excluding diaryl/α,β-unsaturated/α-hetero) is 2. The Labute approximate surface area is 190 Å². The molecule has 0 spiro atoms. The molecule has 32 heavy (non-hydrogen) atoms. The van der Waals surface area contributed by atoms with Crippen LogP contribution in [0.15, 0.2) is 42.1 Å². The fourth-order valence-corrected chi connectivity index (χ4v) is 4.68. The summed E-state index contributed by atoms with van der Waals surface area (Å²) < 4.78 is 13.8. The van der Waals surface area contributed by atoms with Crippen LogP contribution in [0.5, 0.6) is 11.5 Å². The van der Waals surface area contributed by atoms with E-state index >= 15 is 0 Å². The van der Waals surface area contributed by atoms with E-state index in [4.69, 9.17) is 9.47 Å². The minimum absolute atomic E-state index is 0.0606. The average Bonchev–Trinajstić information content (AvgIpc) is 3.31. The van der Waals surface area contributed by atoms with E-state index in [1.165, 1.54) is 18.7 Å². The molecule has 0 aliphatic carbocycles. The third-order valence-electron chi connectivity index (χ3n) is 5.25. The second kappa shape index (κ2) is 9.04. The summed E-state index contributed by atoms with van der Waals surface area (Å²) in [5.74, 6) is 1.94. The molecule has 1 aliphatic rings. The first-order valence-corrected chi connectivity index (χ1v) is 11.2. The summed E-state index contributed by atoms with van der Waals surface area (Å²) in [6.45, 7) is 9.68. The third kappa shape index (κ3) is 4.08. The summed E-state index contributed by atoms with van der Waals surface area (Å²) in [7, 11) is 0. The van der Waals surface area contributed by atoms with Gasteiger partial charge < -0.3 is 14.5 Å². The lowest BCUT2D eigenvalue weighted by Gasteiger charge is -2.26. The predicted molar refractivity (Wildman–Crippen MR) is 121 cm³/mol. The van der Waals surface area contributed by atoms with Crippen molar-refractivity contribution < 1.29 is 19.1 Å². The molecule has 3 aromatic rings. The Bertz CT molecular complexity index is 1200. The predicted octanol–water partition coefficient (Wildman–Crippen LogP) is 4.10. The fourth-order valence-electron chi connectivity index (χ4n) is 3.85. The van der Waals surface area contributed by atoms with Gasteiger partial charge >= 0.3 is 0 Å². The molecule has 1 atom stereocenters. The average molecular weight is 453 g/mol. The molecule has 1 aliphatic heterocycles. The molecule has 4 rings (SSSR count). The highest BCUT2D eigenvalue weighted by Crippen LogP contribution is 2.36. The number of ketones is 2. The fraction of sp³-hybridized carbons (Fsp3) is 0.304. The SMILES string of the molecule is C=CCn1c(SCC(=O)c2[nH]c(C)c(C(C)=O)c2C)nnc1C1COc2ccccc2O1. The molecule has 3 heterocycles. The molecule has 1 N–H and O–H groups in total. The van der Waals surface area contributed by atoms with Gasteiger partial charge in [-0.2, -0.15) is 0 Å². The molecule has 9 heteroatoms. The van der Waals surface area contributed by atoms with Crippen LogP contribution in [-0.2, 0) is 6.54 Å². The quantitative estimate of drug-likeness (QED) is 0.312. The Morgan fingerprint density at radius 1 is 1.28 bits per heavy atom. The van der Waals surface area contributed by atoms with E-state index in [-0.39, 0.29) is 17.3 Å². The smallest absolute Gasteiger partial charge is 0.192 e. The van der Waals surface area contributed by atoms with Crippen molar-refractivity contribution in [2.75, 3.05) is 12.4 Å². The van der Waals surface area contributed by atoms with Gasteiger partial charge in [-0.25, -0.2) is 0 Å². The van der Waals surface area contributed by atoms with E-state index < -0.39 is 6.10 Å². The molecule has 0 amide bonds. The van der Waals surface area contributed by atoms with Gasteiger partial charge in [-0.15, -0.1) is 16.8 Å². The van der Waals surface area contributed by atoms with Crippen LogP contribution >= 0.6 is 11.8 Å². The second-order valence-corrected chi connectivity index (χ2v) is 8.44. The summed E-state index contributed by atoms with van der Waals surface area (Å²) in [5.41, 5.74) is 2.41. The van der Waals surface area contributed by atoms with Gasteiger partial charge in [0, 0.05) is 17.8 Å². The molecule has 1 aromatic carbocycles. The maximum absolute atomic E-state index is 12.9. The van der Waals surface area contributed by atoms with E-state index in [0.717, 1.165) is 0 Å². The van der Waals surface area contributed by atoms with Crippen LogP contribution in [0.3, 0.4) is 0 Å². The number of carbonyl (C=O) groups excluding carboxylic acids is 2. The Morgan fingerprint density at radius 2 is 2.03 bits per heavy atom. The van der Waals surface area contributed by atoms with Crippen molar-refractivity contribution in [1.82, 2.24) is 19.7 Å². The van der Waals surface area contributed by atoms with E-state index in [0.29, 0.717) is 58.1 Å². The molecule has 166 valence electrons. The second-order valence-electron chi connectivity index (χ2n) is 7.50. The van der Waals surface area contributed by atoms with Gasteiger partial charge in [0.1, 0.15) is 6.61 Å². The van der Waals surface area contributed by atoms with Gasteiger partial charge in [0.25, 0.3) is 0 Å². The summed E-state index contributed by atoms with van der Waals surface area (Å²) in [6, 6.07) is 7.48. The number of aromatic amines is 1. The van der Waals surface area contributed by atoms with Crippen molar-refractivity contribution >= 4 is 23.3 Å². The van der Waals surface area contributed by atoms with Crippen LogP contribution in [0.1, 0.15) is 51.0 Å². The number of para-hydroxylation sites is 2. The highest BCUT2D eigenvalue weighted by molar-refractivity contribution is 7.99. The molecule has 1 unspecified atom stereocenters. The lowest BCUT2D eigenvalue weighted by atomic mass is 10.1. The highest BCUT2D eigenvalue weighted by atomic mass is 32.2. The van der Waals surface area contributed by atoms with Crippen LogP contribution in [0.2, 0.25) is 0 Å². The van der Waals surface area contributed by atoms with Crippen molar-refractivity contribution in [3.63, 3.8) is 0 Å². The number of aryl methyl sites for hydroxylation is 1. The summed E-state index contributed by atoms with van der Waals surface area (Å²) in [6.07, 6.45) is 1.32. The topological polar surface area (TPSA) is 99.1 Å². The molecule has 0 saturated heterocycles. The van der Waals surface area contributed by atoms with E-state index in [1.807, 2.05) is 28.8 Å². The Morgan fingerprint density at radius 3 is 2.72 bits per heavy atom. The molecule has 0 radical (unpaired) electrons. The van der Waals surface area contributed by atoms with Crippen LogP contribution in [0.25, 0.3) is 0 Å². The zero-order valence-corrected chi connectivity index (χ0v) is 19.0. The van der Waals surface area contributed by atoms with Crippen molar-refractivity contribution in [2.24, 2.45) is 0 Å². The number of aromatic nitrogens is 4. The lowest BCUT2D eigenvalue weighted by Crippen LogP contribution is -2.25. The first-order chi connectivity index (χ1) is 15.4. The van der Waals surface area contributed by atoms with Crippen LogP contribution in [0, 0.1) is 13.8 Å². The maximum Gasteiger partial charge on any atom is 0.192 e. The number of hydrogen-bond acceptors (Lipinski definition) is 7. The number of allylic oxidation sites excluding steroid dienone is 1. The van der Waals surface area contributed by atoms with Crippen molar-refractivity contribution in [3.05, 3.63) is 65.3 Å². The zero-order chi connectivity index (χ0) is 22.8. The van der Waals surface area contributed by atoms with Crippen LogP contribution in [-0.4, -0.2) is 43.7 Å². The number of hydrogen-bond donors (Lipinski definition) is 1. The van der Waals surface area contributed by atoms with Gasteiger partial charge in [0.15, 0.2) is 40.2 Å².